The van der Waals surface area contributed by atoms with Crippen molar-refractivity contribution >= 4 is 46.7 Å². The van der Waals surface area contributed by atoms with Crippen LogP contribution in [0.25, 0.3) is 0 Å². The van der Waals surface area contributed by atoms with Gasteiger partial charge in [0.15, 0.2) is 0 Å². The highest BCUT2D eigenvalue weighted by Gasteiger charge is 2.42. The Bertz CT molecular complexity index is 1290. The van der Waals surface area contributed by atoms with Crippen molar-refractivity contribution in [3.05, 3.63) is 76.5 Å². The number of dihydropyridines is 1. The maximum Gasteiger partial charge on any atom is 0.253 e. The topological polar surface area (TPSA) is 79.5 Å². The lowest BCUT2D eigenvalue weighted by molar-refractivity contribution is -0.114. The molecule has 2 aliphatic heterocycles. The molecular weight excluding hydrogens is 551 g/mol. The molecule has 3 unspecified atom stereocenters. The lowest BCUT2D eigenvalue weighted by Crippen LogP contribution is -2.36. The zero-order chi connectivity index (χ0) is 28.8. The molecule has 3 aliphatic rings. The van der Waals surface area contributed by atoms with E-state index in [1.54, 1.807) is 7.11 Å². The molecule has 2 fully saturated rings. The molecule has 2 aromatic carbocycles. The van der Waals surface area contributed by atoms with E-state index in [0.717, 1.165) is 57.3 Å². The van der Waals surface area contributed by atoms with Crippen LogP contribution in [-0.4, -0.2) is 35.7 Å². The number of carbonyl (C=O) groups excluding carboxylic acids is 2. The molecular formula is C33H41N3O3S2. The molecule has 2 aromatic rings. The summed E-state index contributed by atoms with van der Waals surface area (Å²) in [5.74, 6) is 3.62. The Morgan fingerprint density at radius 1 is 0.951 bits per heavy atom. The number of ether oxygens (including phenoxy) is 1. The number of amides is 2. The number of benzene rings is 2. The minimum absolute atomic E-state index is 0.00528. The monoisotopic (exact) mass is 591 g/mol. The van der Waals surface area contributed by atoms with E-state index >= 15 is 0 Å². The summed E-state index contributed by atoms with van der Waals surface area (Å²) < 4.78 is 5.21. The highest BCUT2D eigenvalue weighted by Crippen LogP contribution is 2.49. The van der Waals surface area contributed by atoms with Gasteiger partial charge in [-0.05, 0) is 79.8 Å². The molecule has 1 aliphatic carbocycles. The zero-order valence-corrected chi connectivity index (χ0v) is 25.8. The van der Waals surface area contributed by atoms with E-state index in [-0.39, 0.29) is 23.5 Å². The van der Waals surface area contributed by atoms with E-state index < -0.39 is 0 Å². The minimum Gasteiger partial charge on any atom is -0.497 e. The van der Waals surface area contributed by atoms with Crippen molar-refractivity contribution in [2.24, 2.45) is 17.8 Å². The number of thioether (sulfide) groups is 2. The van der Waals surface area contributed by atoms with Gasteiger partial charge in [0.2, 0.25) is 5.91 Å². The summed E-state index contributed by atoms with van der Waals surface area (Å²) in [6.07, 6.45) is 7.91. The molecule has 0 radical (unpaired) electrons. The number of nitrogens with one attached hydrogen (secondary N) is 3. The Kier molecular flexibility index (Phi) is 10.0. The first-order valence-electron chi connectivity index (χ1n) is 14.7. The third kappa shape index (κ3) is 7.33. The lowest BCUT2D eigenvalue weighted by Gasteiger charge is -2.34. The quantitative estimate of drug-likeness (QED) is 0.281. The number of carbonyl (C=O) groups is 2. The van der Waals surface area contributed by atoms with Gasteiger partial charge in [0, 0.05) is 33.8 Å². The number of para-hydroxylation sites is 1. The summed E-state index contributed by atoms with van der Waals surface area (Å²) in [5, 5.41) is 10.9. The van der Waals surface area contributed by atoms with Crippen LogP contribution in [0.3, 0.4) is 0 Å². The van der Waals surface area contributed by atoms with E-state index in [9.17, 15) is 9.59 Å². The molecule has 41 heavy (non-hydrogen) atoms. The fraction of sp³-hybridized carbons (Fsp3) is 0.455. The van der Waals surface area contributed by atoms with Gasteiger partial charge >= 0.3 is 0 Å². The second kappa shape index (κ2) is 13.9. The van der Waals surface area contributed by atoms with Gasteiger partial charge < -0.3 is 20.7 Å². The van der Waals surface area contributed by atoms with Crippen LogP contribution < -0.4 is 20.7 Å². The number of allylic oxidation sites excluding steroid dienone is 2. The van der Waals surface area contributed by atoms with Gasteiger partial charge in [-0.3, -0.25) is 9.59 Å². The third-order valence-corrected chi connectivity index (χ3v) is 11.2. The van der Waals surface area contributed by atoms with Crippen molar-refractivity contribution < 1.29 is 14.3 Å². The third-order valence-electron chi connectivity index (χ3n) is 8.59. The number of hydrogen-bond donors (Lipinski definition) is 3. The van der Waals surface area contributed by atoms with Crippen LogP contribution in [0.1, 0.15) is 52.4 Å². The van der Waals surface area contributed by atoms with Crippen molar-refractivity contribution in [1.82, 2.24) is 5.32 Å². The van der Waals surface area contributed by atoms with Crippen molar-refractivity contribution in [3.63, 3.8) is 0 Å². The second-order valence-corrected chi connectivity index (χ2v) is 13.6. The Morgan fingerprint density at radius 3 is 2.37 bits per heavy atom. The van der Waals surface area contributed by atoms with E-state index in [0.29, 0.717) is 5.25 Å². The predicted molar refractivity (Wildman–Crippen MR) is 172 cm³/mol. The lowest BCUT2D eigenvalue weighted by atomic mass is 9.76. The van der Waals surface area contributed by atoms with Crippen molar-refractivity contribution in [2.45, 2.75) is 57.6 Å². The molecule has 218 valence electrons. The van der Waals surface area contributed by atoms with Gasteiger partial charge in [-0.2, -0.15) is 11.8 Å². The molecule has 1 saturated heterocycles. The SMILES string of the molecule is COc1ccc(NC(=O)CSC2=C(C)C(C3CC(C4CCCCC4)CS3)C(C(=O)Nc3ccccc3)=C(C)N2)cc1. The average Bonchev–Trinajstić information content (AvgIpc) is 3.48. The average molecular weight is 592 g/mol. The summed E-state index contributed by atoms with van der Waals surface area (Å²) in [6.45, 7) is 4.13. The van der Waals surface area contributed by atoms with Gasteiger partial charge in [0.1, 0.15) is 5.75 Å². The fourth-order valence-corrected chi connectivity index (χ4v) is 9.18. The van der Waals surface area contributed by atoms with Gasteiger partial charge in [0.25, 0.3) is 5.91 Å². The number of rotatable bonds is 9. The molecule has 2 heterocycles. The van der Waals surface area contributed by atoms with E-state index in [1.165, 1.54) is 49.6 Å². The maximum absolute atomic E-state index is 13.8. The first kappa shape index (κ1) is 29.6. The van der Waals surface area contributed by atoms with Crippen LogP contribution in [0.15, 0.2) is 76.5 Å². The molecule has 1 saturated carbocycles. The largest absolute Gasteiger partial charge is 0.497 e. The number of methoxy groups -OCH3 is 1. The molecule has 0 aromatic heterocycles. The normalized spacial score (nSPS) is 23.2. The van der Waals surface area contributed by atoms with E-state index in [4.69, 9.17) is 4.74 Å². The van der Waals surface area contributed by atoms with Crippen LogP contribution in [-0.2, 0) is 9.59 Å². The standard InChI is InChI=1S/C33H41N3O3S2/c1-21-30(28-18-24(19-40-28)23-10-6-4-7-11-23)31(32(38)36-25-12-8-5-9-13-25)22(2)34-33(21)41-20-29(37)35-26-14-16-27(39-3)17-15-26/h5,8-9,12-17,23-24,28,30,34H,4,6-7,10-11,18-20H2,1-3H3,(H,35,37)(H,36,38). The van der Waals surface area contributed by atoms with Crippen LogP contribution >= 0.6 is 23.5 Å². The van der Waals surface area contributed by atoms with Crippen LogP contribution in [0, 0.1) is 17.8 Å². The highest BCUT2D eigenvalue weighted by molar-refractivity contribution is 8.03. The first-order chi connectivity index (χ1) is 19.9. The summed E-state index contributed by atoms with van der Waals surface area (Å²) in [7, 11) is 1.62. The molecule has 3 atom stereocenters. The zero-order valence-electron chi connectivity index (χ0n) is 24.2. The first-order valence-corrected chi connectivity index (χ1v) is 16.7. The molecule has 0 bridgehead atoms. The molecule has 3 N–H and O–H groups in total. The number of anilines is 2. The van der Waals surface area contributed by atoms with Crippen LogP contribution in [0.5, 0.6) is 5.75 Å². The molecule has 0 spiro atoms. The molecule has 5 rings (SSSR count). The van der Waals surface area contributed by atoms with E-state index in [2.05, 4.69) is 22.9 Å². The second-order valence-electron chi connectivity index (χ2n) is 11.3. The summed E-state index contributed by atoms with van der Waals surface area (Å²) in [4.78, 5) is 26.6. The van der Waals surface area contributed by atoms with Crippen molar-refractivity contribution in [2.75, 3.05) is 29.2 Å². The minimum atomic E-state index is -0.0688. The Labute approximate surface area is 252 Å². The van der Waals surface area contributed by atoms with Crippen molar-refractivity contribution in [3.8, 4) is 5.75 Å². The number of hydrogen-bond acceptors (Lipinski definition) is 6. The Hall–Kier alpha value is -2.84. The highest BCUT2D eigenvalue weighted by atomic mass is 32.2. The predicted octanol–water partition coefficient (Wildman–Crippen LogP) is 7.43. The summed E-state index contributed by atoms with van der Waals surface area (Å²) >= 11 is 3.55. The Morgan fingerprint density at radius 2 is 1.66 bits per heavy atom. The van der Waals surface area contributed by atoms with Gasteiger partial charge in [-0.25, -0.2) is 0 Å². The van der Waals surface area contributed by atoms with Crippen molar-refractivity contribution in [1.29, 1.82) is 0 Å². The van der Waals surface area contributed by atoms with Gasteiger partial charge in [0.05, 0.1) is 17.9 Å². The van der Waals surface area contributed by atoms with E-state index in [1.807, 2.05) is 73.3 Å². The molecule has 6 nitrogen and oxygen atoms in total. The summed E-state index contributed by atoms with van der Waals surface area (Å²) in [5.41, 5.74) is 4.38. The maximum atomic E-state index is 13.8. The van der Waals surface area contributed by atoms with Gasteiger partial charge in [-0.15, -0.1) is 0 Å². The Balaban J connectivity index is 1.33. The molecule has 8 heteroatoms. The molecule has 2 amide bonds. The van der Waals surface area contributed by atoms with Crippen LogP contribution in [0.2, 0.25) is 0 Å². The fourth-order valence-electron chi connectivity index (χ4n) is 6.43. The van der Waals surface area contributed by atoms with Gasteiger partial charge in [-0.1, -0.05) is 62.1 Å². The smallest absolute Gasteiger partial charge is 0.253 e. The van der Waals surface area contributed by atoms with Crippen LogP contribution in [0.4, 0.5) is 11.4 Å². The summed E-state index contributed by atoms with van der Waals surface area (Å²) in [6, 6.07) is 17.0.